The molecule has 0 aliphatic heterocycles. The minimum absolute atomic E-state index is 0.155. The smallest absolute Gasteiger partial charge is 0.0508 e. The summed E-state index contributed by atoms with van der Waals surface area (Å²) >= 11 is 3.54. The summed E-state index contributed by atoms with van der Waals surface area (Å²) in [7, 11) is 4.08. The molecule has 0 unspecified atom stereocenters. The van der Waals surface area contributed by atoms with Crippen LogP contribution in [0.1, 0.15) is 19.4 Å². The van der Waals surface area contributed by atoms with Gasteiger partial charge in [0.05, 0.1) is 5.69 Å². The van der Waals surface area contributed by atoms with E-state index in [0.717, 1.165) is 10.9 Å². The molecule has 0 saturated carbocycles. The molecule has 0 aromatic heterocycles. The van der Waals surface area contributed by atoms with E-state index in [-0.39, 0.29) is 5.54 Å². The number of nitrogens with zero attached hydrogens (tertiary/aromatic N) is 1. The Morgan fingerprint density at radius 2 is 1.93 bits per heavy atom. The van der Waals surface area contributed by atoms with Crippen LogP contribution < -0.4 is 10.6 Å². The molecular weight excluding hydrogens is 252 g/mol. The number of hydrogen-bond donors (Lipinski definition) is 1. The van der Waals surface area contributed by atoms with E-state index in [1.807, 2.05) is 27.9 Å². The molecule has 0 atom stereocenters. The molecule has 0 heterocycles. The monoisotopic (exact) mass is 270 g/mol. The van der Waals surface area contributed by atoms with Gasteiger partial charge in [-0.3, -0.25) is 0 Å². The fourth-order valence-corrected chi connectivity index (χ4v) is 2.14. The Morgan fingerprint density at radius 1 is 1.33 bits per heavy atom. The standard InChI is InChI=1S/C12H19BrN2/c1-12(2,14)8-9-5-6-10(13)11(7-9)15(3)4/h5-7H,8,14H2,1-4H3. The summed E-state index contributed by atoms with van der Waals surface area (Å²) in [6.45, 7) is 4.09. The van der Waals surface area contributed by atoms with Crippen molar-refractivity contribution in [2.24, 2.45) is 5.73 Å². The van der Waals surface area contributed by atoms with Crippen LogP contribution in [0.4, 0.5) is 5.69 Å². The van der Waals surface area contributed by atoms with Crippen LogP contribution in [0.25, 0.3) is 0 Å². The maximum Gasteiger partial charge on any atom is 0.0508 e. The first-order chi connectivity index (χ1) is 6.79. The quantitative estimate of drug-likeness (QED) is 0.916. The first kappa shape index (κ1) is 12.5. The molecule has 2 N–H and O–H groups in total. The summed E-state index contributed by atoms with van der Waals surface area (Å²) < 4.78 is 1.12. The Hall–Kier alpha value is -0.540. The van der Waals surface area contributed by atoms with Gasteiger partial charge in [0.2, 0.25) is 0 Å². The van der Waals surface area contributed by atoms with E-state index in [9.17, 15) is 0 Å². The molecule has 1 aromatic rings. The maximum atomic E-state index is 6.01. The minimum Gasteiger partial charge on any atom is -0.377 e. The van der Waals surface area contributed by atoms with Crippen molar-refractivity contribution in [3.05, 3.63) is 28.2 Å². The lowest BCUT2D eigenvalue weighted by Crippen LogP contribution is -2.34. The van der Waals surface area contributed by atoms with E-state index in [2.05, 4.69) is 39.0 Å². The third-order valence-corrected chi connectivity index (χ3v) is 2.82. The van der Waals surface area contributed by atoms with Crippen molar-refractivity contribution in [2.45, 2.75) is 25.8 Å². The molecule has 0 bridgehead atoms. The van der Waals surface area contributed by atoms with Gasteiger partial charge in [0.1, 0.15) is 0 Å². The number of benzene rings is 1. The highest BCUT2D eigenvalue weighted by atomic mass is 79.9. The Morgan fingerprint density at radius 3 is 2.40 bits per heavy atom. The van der Waals surface area contributed by atoms with Crippen LogP contribution >= 0.6 is 15.9 Å². The van der Waals surface area contributed by atoms with Crippen LogP contribution in [0.2, 0.25) is 0 Å². The van der Waals surface area contributed by atoms with E-state index in [4.69, 9.17) is 5.73 Å². The predicted octanol–water partition coefficient (Wildman–Crippen LogP) is 2.79. The third kappa shape index (κ3) is 3.84. The molecule has 84 valence electrons. The molecule has 15 heavy (non-hydrogen) atoms. The van der Waals surface area contributed by atoms with E-state index < -0.39 is 0 Å². The number of nitrogens with two attached hydrogens (primary N) is 1. The Bertz CT molecular complexity index is 340. The van der Waals surface area contributed by atoms with E-state index in [1.54, 1.807) is 0 Å². The highest BCUT2D eigenvalue weighted by Crippen LogP contribution is 2.26. The van der Waals surface area contributed by atoms with Crippen LogP contribution in [-0.4, -0.2) is 19.6 Å². The lowest BCUT2D eigenvalue weighted by molar-refractivity contribution is 0.517. The molecule has 0 aliphatic rings. The minimum atomic E-state index is -0.155. The normalized spacial score (nSPS) is 11.6. The zero-order chi connectivity index (χ0) is 11.6. The van der Waals surface area contributed by atoms with Gasteiger partial charge in [-0.2, -0.15) is 0 Å². The SMILES string of the molecule is CN(C)c1cc(CC(C)(C)N)ccc1Br. The highest BCUT2D eigenvalue weighted by molar-refractivity contribution is 9.10. The second-order valence-electron chi connectivity index (χ2n) is 4.85. The molecule has 0 fully saturated rings. The van der Waals surface area contributed by atoms with Crippen molar-refractivity contribution < 1.29 is 0 Å². The Labute approximate surface area is 101 Å². The first-order valence-corrected chi connectivity index (χ1v) is 5.83. The molecule has 0 saturated heterocycles. The lowest BCUT2D eigenvalue weighted by atomic mass is 9.96. The molecule has 0 amide bonds. The molecular formula is C12H19BrN2. The number of hydrogen-bond acceptors (Lipinski definition) is 2. The van der Waals surface area contributed by atoms with Crippen LogP contribution in [-0.2, 0) is 6.42 Å². The van der Waals surface area contributed by atoms with Crippen molar-refractivity contribution >= 4 is 21.6 Å². The predicted molar refractivity (Wildman–Crippen MR) is 70.4 cm³/mol. The molecule has 0 aliphatic carbocycles. The molecule has 0 radical (unpaired) electrons. The number of anilines is 1. The topological polar surface area (TPSA) is 29.3 Å². The van der Waals surface area contributed by atoms with Gasteiger partial charge in [0.15, 0.2) is 0 Å². The van der Waals surface area contributed by atoms with Gasteiger partial charge in [-0.25, -0.2) is 0 Å². The molecule has 1 aromatic carbocycles. The largest absolute Gasteiger partial charge is 0.377 e. The van der Waals surface area contributed by atoms with Gasteiger partial charge in [-0.05, 0) is 53.9 Å². The zero-order valence-corrected chi connectivity index (χ0v) is 11.4. The van der Waals surface area contributed by atoms with Gasteiger partial charge in [0.25, 0.3) is 0 Å². The van der Waals surface area contributed by atoms with Crippen LogP contribution in [0, 0.1) is 0 Å². The molecule has 0 spiro atoms. The zero-order valence-electron chi connectivity index (χ0n) is 9.84. The second-order valence-corrected chi connectivity index (χ2v) is 5.70. The van der Waals surface area contributed by atoms with E-state index >= 15 is 0 Å². The van der Waals surface area contributed by atoms with Crippen molar-refractivity contribution in [3.63, 3.8) is 0 Å². The van der Waals surface area contributed by atoms with Crippen molar-refractivity contribution in [2.75, 3.05) is 19.0 Å². The summed E-state index contributed by atoms with van der Waals surface area (Å²) in [5, 5.41) is 0. The summed E-state index contributed by atoms with van der Waals surface area (Å²) in [5.74, 6) is 0. The maximum absolute atomic E-state index is 6.01. The van der Waals surface area contributed by atoms with Crippen molar-refractivity contribution in [1.29, 1.82) is 0 Å². The highest BCUT2D eigenvalue weighted by Gasteiger charge is 2.13. The second kappa shape index (κ2) is 4.54. The summed E-state index contributed by atoms with van der Waals surface area (Å²) in [6, 6.07) is 6.38. The van der Waals surface area contributed by atoms with Crippen molar-refractivity contribution in [1.82, 2.24) is 0 Å². The Kier molecular flexibility index (Phi) is 3.79. The molecule has 3 heteroatoms. The molecule has 1 rings (SSSR count). The van der Waals surface area contributed by atoms with Crippen molar-refractivity contribution in [3.8, 4) is 0 Å². The number of rotatable bonds is 3. The van der Waals surface area contributed by atoms with Gasteiger partial charge in [-0.1, -0.05) is 6.07 Å². The van der Waals surface area contributed by atoms with Gasteiger partial charge >= 0.3 is 0 Å². The summed E-state index contributed by atoms with van der Waals surface area (Å²) in [6.07, 6.45) is 0.890. The fourth-order valence-electron chi connectivity index (χ4n) is 1.54. The van der Waals surface area contributed by atoms with E-state index in [1.165, 1.54) is 11.3 Å². The van der Waals surface area contributed by atoms with Crippen LogP contribution in [0.5, 0.6) is 0 Å². The number of halogens is 1. The van der Waals surface area contributed by atoms with Gasteiger partial charge in [-0.15, -0.1) is 0 Å². The Balaban J connectivity index is 2.98. The fraction of sp³-hybridized carbons (Fsp3) is 0.500. The third-order valence-electron chi connectivity index (χ3n) is 2.15. The van der Waals surface area contributed by atoms with E-state index in [0.29, 0.717) is 0 Å². The summed E-state index contributed by atoms with van der Waals surface area (Å²) in [4.78, 5) is 2.09. The van der Waals surface area contributed by atoms with Crippen LogP contribution in [0.15, 0.2) is 22.7 Å². The van der Waals surface area contributed by atoms with Gasteiger partial charge in [0, 0.05) is 24.1 Å². The van der Waals surface area contributed by atoms with Crippen LogP contribution in [0.3, 0.4) is 0 Å². The average Bonchev–Trinajstić information content (AvgIpc) is 2.05. The molecule has 2 nitrogen and oxygen atoms in total. The summed E-state index contributed by atoms with van der Waals surface area (Å²) in [5.41, 5.74) is 8.32. The lowest BCUT2D eigenvalue weighted by Gasteiger charge is -2.21. The van der Waals surface area contributed by atoms with Gasteiger partial charge < -0.3 is 10.6 Å². The first-order valence-electron chi connectivity index (χ1n) is 5.04. The average molecular weight is 271 g/mol.